The van der Waals surface area contributed by atoms with Gasteiger partial charge in [-0.05, 0) is 35.4 Å². The van der Waals surface area contributed by atoms with Gasteiger partial charge in [-0.15, -0.1) is 0 Å². The molecule has 1 aromatic carbocycles. The number of hydrogen-bond donors (Lipinski definition) is 1. The lowest BCUT2D eigenvalue weighted by atomic mass is 9.78. The molecule has 0 radical (unpaired) electrons. The molecule has 1 amide bonds. The Kier molecular flexibility index (Phi) is 5.75. The van der Waals surface area contributed by atoms with Gasteiger partial charge < -0.3 is 5.11 Å². The molecule has 1 atom stereocenters. The summed E-state index contributed by atoms with van der Waals surface area (Å²) in [4.78, 5) is 25.3. The molecule has 6 heteroatoms. The van der Waals surface area contributed by atoms with E-state index in [0.717, 1.165) is 9.69 Å². The van der Waals surface area contributed by atoms with Gasteiger partial charge in [0.05, 0.1) is 0 Å². The molecule has 0 fully saturated rings. The molecule has 0 aliphatic carbocycles. The summed E-state index contributed by atoms with van der Waals surface area (Å²) in [5, 5.41) is 21.1. The molecule has 1 unspecified atom stereocenters. The lowest BCUT2D eigenvalue weighted by Crippen LogP contribution is -2.43. The molecule has 142 valence electrons. The van der Waals surface area contributed by atoms with Gasteiger partial charge >= 0.3 is 0 Å². The maximum absolute atomic E-state index is 12.6. The molecule has 0 aliphatic heterocycles. The lowest BCUT2D eigenvalue weighted by molar-refractivity contribution is 0.0961. The highest BCUT2D eigenvalue weighted by molar-refractivity contribution is 6.01. The molecule has 1 N–H and O–H groups in total. The highest BCUT2D eigenvalue weighted by atomic mass is 16.3. The largest absolute Gasteiger partial charge is 0.492 e. The molecule has 0 aliphatic rings. The first kappa shape index (κ1) is 20.2. The Balaban J connectivity index is 2.50. The van der Waals surface area contributed by atoms with Gasteiger partial charge in [0.15, 0.2) is 0 Å². The molecule has 0 saturated heterocycles. The minimum Gasteiger partial charge on any atom is -0.492 e. The smallest absolute Gasteiger partial charge is 0.272 e. The molecular formula is C21H25N3O3. The van der Waals surface area contributed by atoms with E-state index in [1.807, 2.05) is 13.0 Å². The van der Waals surface area contributed by atoms with E-state index in [9.17, 15) is 20.0 Å². The van der Waals surface area contributed by atoms with Crippen molar-refractivity contribution in [2.24, 2.45) is 11.3 Å². The third-order valence-electron chi connectivity index (χ3n) is 4.98. The quantitative estimate of drug-likeness (QED) is 0.900. The Hall–Kier alpha value is -3.07. The molecule has 0 spiro atoms. The maximum atomic E-state index is 12.6. The monoisotopic (exact) mass is 367 g/mol. The number of nitriles is 1. The SMILES string of the molecule is CC(Cc1cc(=O)n(N(C)C(=O)c2ccccc2)c(O)c1C#N)C(C)(C)C. The normalized spacial score (nSPS) is 12.3. The summed E-state index contributed by atoms with van der Waals surface area (Å²) in [6.45, 7) is 8.28. The van der Waals surface area contributed by atoms with Crippen molar-refractivity contribution in [1.29, 1.82) is 5.26 Å². The highest BCUT2D eigenvalue weighted by Crippen LogP contribution is 2.30. The first-order valence-corrected chi connectivity index (χ1v) is 8.79. The third kappa shape index (κ3) is 4.20. The van der Waals surface area contributed by atoms with E-state index in [2.05, 4.69) is 20.8 Å². The minimum atomic E-state index is -0.561. The van der Waals surface area contributed by atoms with Crippen LogP contribution < -0.4 is 10.6 Å². The van der Waals surface area contributed by atoms with E-state index in [1.54, 1.807) is 30.3 Å². The average molecular weight is 367 g/mol. The Morgan fingerprint density at radius 3 is 2.41 bits per heavy atom. The van der Waals surface area contributed by atoms with Crippen LogP contribution in [0.25, 0.3) is 0 Å². The van der Waals surface area contributed by atoms with E-state index in [-0.39, 0.29) is 16.9 Å². The summed E-state index contributed by atoms with van der Waals surface area (Å²) in [5.74, 6) is -0.802. The molecule has 1 aromatic heterocycles. The van der Waals surface area contributed by atoms with Crippen LogP contribution in [0.5, 0.6) is 5.88 Å². The van der Waals surface area contributed by atoms with E-state index in [0.29, 0.717) is 17.5 Å². The Labute approximate surface area is 159 Å². The van der Waals surface area contributed by atoms with Crippen molar-refractivity contribution >= 4 is 5.91 Å². The van der Waals surface area contributed by atoms with Crippen molar-refractivity contribution < 1.29 is 9.90 Å². The summed E-state index contributed by atoms with van der Waals surface area (Å²) in [5.41, 5.74) is 0.291. The number of carbonyl (C=O) groups is 1. The van der Waals surface area contributed by atoms with Gasteiger partial charge in [0.2, 0.25) is 5.88 Å². The maximum Gasteiger partial charge on any atom is 0.272 e. The number of nitrogens with zero attached hydrogens (tertiary/aromatic N) is 3. The van der Waals surface area contributed by atoms with Gasteiger partial charge in [0.25, 0.3) is 11.5 Å². The first-order chi connectivity index (χ1) is 12.6. The molecule has 6 nitrogen and oxygen atoms in total. The molecule has 27 heavy (non-hydrogen) atoms. The molecule has 2 aromatic rings. The zero-order valence-electron chi connectivity index (χ0n) is 16.4. The minimum absolute atomic E-state index is 0.0124. The average Bonchev–Trinajstić information content (AvgIpc) is 2.60. The molecular weight excluding hydrogens is 342 g/mol. The fourth-order valence-corrected chi connectivity index (χ4v) is 2.70. The van der Waals surface area contributed by atoms with Crippen LogP contribution in [0.2, 0.25) is 0 Å². The van der Waals surface area contributed by atoms with Gasteiger partial charge in [0.1, 0.15) is 11.6 Å². The van der Waals surface area contributed by atoms with Crippen LogP contribution in [-0.2, 0) is 6.42 Å². The summed E-state index contributed by atoms with van der Waals surface area (Å²) in [6, 6.07) is 11.7. The van der Waals surface area contributed by atoms with Crippen LogP contribution in [0.15, 0.2) is 41.2 Å². The van der Waals surface area contributed by atoms with Crippen molar-refractivity contribution in [3.8, 4) is 11.9 Å². The standard InChI is InChI=1S/C21H25N3O3/c1-14(21(2,3)4)11-16-12-18(25)24(20(27)17(16)13-22)23(5)19(26)15-9-7-6-8-10-15/h6-10,12,14,27H,11H2,1-5H3. The fourth-order valence-electron chi connectivity index (χ4n) is 2.70. The van der Waals surface area contributed by atoms with E-state index in [1.165, 1.54) is 13.1 Å². The van der Waals surface area contributed by atoms with Crippen LogP contribution in [0.4, 0.5) is 0 Å². The molecule has 0 saturated carbocycles. The van der Waals surface area contributed by atoms with Gasteiger partial charge in [-0.1, -0.05) is 45.9 Å². The second-order valence-corrected chi connectivity index (χ2v) is 7.80. The van der Waals surface area contributed by atoms with Gasteiger partial charge in [-0.2, -0.15) is 9.94 Å². The van der Waals surface area contributed by atoms with Gasteiger partial charge in [0, 0.05) is 18.7 Å². The highest BCUT2D eigenvalue weighted by Gasteiger charge is 2.25. The molecule has 1 heterocycles. The van der Waals surface area contributed by atoms with Crippen LogP contribution >= 0.6 is 0 Å². The van der Waals surface area contributed by atoms with Crippen molar-refractivity contribution in [3.63, 3.8) is 0 Å². The number of aromatic nitrogens is 1. The number of pyridine rings is 1. The lowest BCUT2D eigenvalue weighted by Gasteiger charge is -2.28. The summed E-state index contributed by atoms with van der Waals surface area (Å²) >= 11 is 0. The van der Waals surface area contributed by atoms with Gasteiger partial charge in [-0.25, -0.2) is 5.01 Å². The summed E-state index contributed by atoms with van der Waals surface area (Å²) in [6.07, 6.45) is 0.479. The fraction of sp³-hybridized carbons (Fsp3) is 0.381. The second kappa shape index (κ2) is 7.67. The van der Waals surface area contributed by atoms with Crippen LogP contribution in [-0.4, -0.2) is 22.7 Å². The van der Waals surface area contributed by atoms with Gasteiger partial charge in [-0.3, -0.25) is 9.59 Å². The molecule has 0 bridgehead atoms. The van der Waals surface area contributed by atoms with E-state index in [4.69, 9.17) is 0 Å². The Morgan fingerprint density at radius 1 is 1.30 bits per heavy atom. The van der Waals surface area contributed by atoms with Crippen molar-refractivity contribution in [1.82, 2.24) is 4.68 Å². The number of benzene rings is 1. The summed E-state index contributed by atoms with van der Waals surface area (Å²) < 4.78 is 0.832. The zero-order valence-corrected chi connectivity index (χ0v) is 16.4. The predicted octanol–water partition coefficient (Wildman–Crippen LogP) is 3.06. The van der Waals surface area contributed by atoms with Crippen molar-refractivity contribution in [2.75, 3.05) is 12.1 Å². The van der Waals surface area contributed by atoms with Crippen LogP contribution in [0.3, 0.4) is 0 Å². The van der Waals surface area contributed by atoms with Crippen molar-refractivity contribution in [3.05, 3.63) is 63.4 Å². The topological polar surface area (TPSA) is 86.3 Å². The second-order valence-electron chi connectivity index (χ2n) is 7.80. The zero-order chi connectivity index (χ0) is 20.4. The molecule has 2 rings (SSSR count). The van der Waals surface area contributed by atoms with Crippen molar-refractivity contribution in [2.45, 2.75) is 34.1 Å². The Morgan fingerprint density at radius 2 is 1.89 bits per heavy atom. The number of rotatable bonds is 4. The number of hydrogen-bond acceptors (Lipinski definition) is 4. The summed E-state index contributed by atoms with van der Waals surface area (Å²) in [7, 11) is 1.38. The number of aromatic hydroxyl groups is 1. The Bertz CT molecular complexity index is 934. The first-order valence-electron chi connectivity index (χ1n) is 8.79. The van der Waals surface area contributed by atoms with Crippen LogP contribution in [0.1, 0.15) is 49.2 Å². The van der Waals surface area contributed by atoms with E-state index < -0.39 is 17.3 Å². The third-order valence-corrected chi connectivity index (χ3v) is 4.98. The number of amides is 1. The van der Waals surface area contributed by atoms with E-state index >= 15 is 0 Å². The predicted molar refractivity (Wildman–Crippen MR) is 104 cm³/mol. The van der Waals surface area contributed by atoms with Crippen LogP contribution in [0, 0.1) is 22.7 Å². The number of carbonyl (C=O) groups excluding carboxylic acids is 1.